The fourth-order valence-corrected chi connectivity index (χ4v) is 1.56. The zero-order valence-electron chi connectivity index (χ0n) is 9.49. The van der Waals surface area contributed by atoms with Gasteiger partial charge in [0.05, 0.1) is 5.69 Å². The largest absolute Gasteiger partial charge is 0.396 e. The molecule has 1 heterocycles. The van der Waals surface area contributed by atoms with Crippen LogP contribution in [0.25, 0.3) is 0 Å². The van der Waals surface area contributed by atoms with Gasteiger partial charge < -0.3 is 11.1 Å². The molecule has 3 N–H and O–H groups in total. The number of rotatable bonds is 2. The number of anilines is 3. The van der Waals surface area contributed by atoms with Gasteiger partial charge in [-0.15, -0.1) is 0 Å². The predicted octanol–water partition coefficient (Wildman–Crippen LogP) is 3.02. The second-order valence-corrected chi connectivity index (χ2v) is 3.94. The van der Waals surface area contributed by atoms with E-state index in [0.717, 1.165) is 11.3 Å². The quantitative estimate of drug-likeness (QED) is 0.806. The van der Waals surface area contributed by atoms with Crippen molar-refractivity contribution in [1.29, 1.82) is 0 Å². The van der Waals surface area contributed by atoms with Crippen LogP contribution in [-0.4, -0.2) is 4.98 Å². The summed E-state index contributed by atoms with van der Waals surface area (Å²) in [5, 5.41) is 3.20. The fourth-order valence-electron chi connectivity index (χ4n) is 1.56. The van der Waals surface area contributed by atoms with Crippen molar-refractivity contribution in [2.45, 2.75) is 13.8 Å². The van der Waals surface area contributed by atoms with Gasteiger partial charge >= 0.3 is 0 Å². The van der Waals surface area contributed by atoms with Crippen molar-refractivity contribution in [3.8, 4) is 0 Å². The smallest absolute Gasteiger partial charge is 0.153 e. The summed E-state index contributed by atoms with van der Waals surface area (Å²) in [5.41, 5.74) is 9.82. The zero-order valence-corrected chi connectivity index (χ0v) is 9.49. The van der Waals surface area contributed by atoms with E-state index in [4.69, 9.17) is 5.73 Å². The van der Waals surface area contributed by atoms with Gasteiger partial charge in [-0.1, -0.05) is 12.1 Å². The molecule has 0 fully saturated rings. The lowest BCUT2D eigenvalue weighted by molar-refractivity contribution is 1.26. The Hall–Kier alpha value is -2.03. The fraction of sp³-hybridized carbons (Fsp3) is 0.154. The minimum Gasteiger partial charge on any atom is -0.396 e. The van der Waals surface area contributed by atoms with Gasteiger partial charge in [0, 0.05) is 11.9 Å². The topological polar surface area (TPSA) is 50.9 Å². The molecule has 1 aromatic carbocycles. The van der Waals surface area contributed by atoms with E-state index in [0.29, 0.717) is 11.5 Å². The van der Waals surface area contributed by atoms with Crippen LogP contribution in [-0.2, 0) is 0 Å². The maximum atomic E-state index is 5.88. The summed E-state index contributed by atoms with van der Waals surface area (Å²) in [4.78, 5) is 4.27. The van der Waals surface area contributed by atoms with Crippen LogP contribution in [0.5, 0.6) is 0 Å². The first-order valence-electron chi connectivity index (χ1n) is 5.21. The predicted molar refractivity (Wildman–Crippen MR) is 67.8 cm³/mol. The molecule has 0 amide bonds. The number of nitrogens with two attached hydrogens (primary N) is 1. The van der Waals surface area contributed by atoms with Crippen molar-refractivity contribution >= 4 is 17.2 Å². The molecule has 0 saturated carbocycles. The highest BCUT2D eigenvalue weighted by Crippen LogP contribution is 2.21. The standard InChI is InChI=1S/C13H15N3/c1-9-4-3-5-11(6-9)16-13-12(14)7-10(2)8-15-13/h3-8H,14H2,1-2H3,(H,15,16). The van der Waals surface area contributed by atoms with E-state index >= 15 is 0 Å². The zero-order chi connectivity index (χ0) is 11.5. The van der Waals surface area contributed by atoms with E-state index < -0.39 is 0 Å². The Bertz CT molecular complexity index is 506. The maximum absolute atomic E-state index is 5.88. The van der Waals surface area contributed by atoms with E-state index in [9.17, 15) is 0 Å². The van der Waals surface area contributed by atoms with Crippen LogP contribution in [0.4, 0.5) is 17.2 Å². The average molecular weight is 213 g/mol. The van der Waals surface area contributed by atoms with Gasteiger partial charge in [0.25, 0.3) is 0 Å². The molecule has 0 atom stereocenters. The first kappa shape index (κ1) is 10.5. The summed E-state index contributed by atoms with van der Waals surface area (Å²) in [6, 6.07) is 10.0. The van der Waals surface area contributed by atoms with Gasteiger partial charge in [0.15, 0.2) is 5.82 Å². The minimum absolute atomic E-state index is 0.668. The van der Waals surface area contributed by atoms with Crippen LogP contribution in [0.15, 0.2) is 36.5 Å². The second-order valence-electron chi connectivity index (χ2n) is 3.94. The molecular formula is C13H15N3. The summed E-state index contributed by atoms with van der Waals surface area (Å²) >= 11 is 0. The van der Waals surface area contributed by atoms with Crippen LogP contribution in [0, 0.1) is 13.8 Å². The van der Waals surface area contributed by atoms with Gasteiger partial charge in [-0.2, -0.15) is 0 Å². The number of pyridine rings is 1. The Morgan fingerprint density at radius 3 is 2.62 bits per heavy atom. The highest BCUT2D eigenvalue weighted by molar-refractivity contribution is 5.69. The Morgan fingerprint density at radius 2 is 1.94 bits per heavy atom. The van der Waals surface area contributed by atoms with Gasteiger partial charge in [0.1, 0.15) is 0 Å². The number of nitrogens with zero attached hydrogens (tertiary/aromatic N) is 1. The second kappa shape index (κ2) is 4.23. The molecule has 16 heavy (non-hydrogen) atoms. The Morgan fingerprint density at radius 1 is 1.12 bits per heavy atom. The summed E-state index contributed by atoms with van der Waals surface area (Å²) in [6.45, 7) is 4.02. The molecule has 0 aliphatic carbocycles. The third-order valence-corrected chi connectivity index (χ3v) is 2.33. The minimum atomic E-state index is 0.668. The van der Waals surface area contributed by atoms with Crippen LogP contribution < -0.4 is 11.1 Å². The molecule has 0 aliphatic heterocycles. The third-order valence-electron chi connectivity index (χ3n) is 2.33. The van der Waals surface area contributed by atoms with E-state index in [1.54, 1.807) is 6.20 Å². The third kappa shape index (κ3) is 2.31. The van der Waals surface area contributed by atoms with Crippen LogP contribution in [0.2, 0.25) is 0 Å². The van der Waals surface area contributed by atoms with Crippen molar-refractivity contribution < 1.29 is 0 Å². The van der Waals surface area contributed by atoms with E-state index in [-0.39, 0.29) is 0 Å². The maximum Gasteiger partial charge on any atom is 0.153 e. The molecule has 3 heteroatoms. The Labute approximate surface area is 95.3 Å². The summed E-state index contributed by atoms with van der Waals surface area (Å²) in [7, 11) is 0. The van der Waals surface area contributed by atoms with Crippen LogP contribution >= 0.6 is 0 Å². The molecule has 2 rings (SSSR count). The number of benzene rings is 1. The summed E-state index contributed by atoms with van der Waals surface area (Å²) < 4.78 is 0. The molecular weight excluding hydrogens is 198 g/mol. The summed E-state index contributed by atoms with van der Waals surface area (Å²) in [6.07, 6.45) is 1.80. The highest BCUT2D eigenvalue weighted by atomic mass is 15.0. The lowest BCUT2D eigenvalue weighted by Crippen LogP contribution is -1.99. The van der Waals surface area contributed by atoms with Crippen molar-refractivity contribution in [2.24, 2.45) is 0 Å². The molecule has 0 radical (unpaired) electrons. The number of nitrogen functional groups attached to an aromatic ring is 1. The summed E-state index contributed by atoms with van der Waals surface area (Å²) in [5.74, 6) is 0.705. The molecule has 0 spiro atoms. The molecule has 0 unspecified atom stereocenters. The first-order valence-corrected chi connectivity index (χ1v) is 5.21. The van der Waals surface area contributed by atoms with Crippen molar-refractivity contribution in [2.75, 3.05) is 11.1 Å². The van der Waals surface area contributed by atoms with E-state index in [1.807, 2.05) is 25.1 Å². The van der Waals surface area contributed by atoms with Gasteiger partial charge in [-0.05, 0) is 43.2 Å². The SMILES string of the molecule is Cc1cccc(Nc2ncc(C)cc2N)c1. The van der Waals surface area contributed by atoms with Crippen molar-refractivity contribution in [1.82, 2.24) is 4.98 Å². The van der Waals surface area contributed by atoms with Gasteiger partial charge in [0.2, 0.25) is 0 Å². The van der Waals surface area contributed by atoms with Crippen LogP contribution in [0.1, 0.15) is 11.1 Å². The molecule has 1 aromatic heterocycles. The van der Waals surface area contributed by atoms with Crippen LogP contribution in [0.3, 0.4) is 0 Å². The molecule has 0 aliphatic rings. The average Bonchev–Trinajstić information content (AvgIpc) is 2.22. The molecule has 82 valence electrons. The molecule has 0 bridgehead atoms. The Kier molecular flexibility index (Phi) is 2.77. The Balaban J connectivity index is 2.27. The lowest BCUT2D eigenvalue weighted by atomic mass is 10.2. The number of aryl methyl sites for hydroxylation is 2. The molecule has 3 nitrogen and oxygen atoms in total. The number of hydrogen-bond donors (Lipinski definition) is 2. The highest BCUT2D eigenvalue weighted by Gasteiger charge is 2.01. The van der Waals surface area contributed by atoms with Crippen molar-refractivity contribution in [3.05, 3.63) is 47.7 Å². The van der Waals surface area contributed by atoms with Gasteiger partial charge in [-0.3, -0.25) is 0 Å². The number of hydrogen-bond acceptors (Lipinski definition) is 3. The van der Waals surface area contributed by atoms with Crippen molar-refractivity contribution in [3.63, 3.8) is 0 Å². The monoisotopic (exact) mass is 213 g/mol. The normalized spacial score (nSPS) is 10.1. The first-order chi connectivity index (χ1) is 7.65. The molecule has 0 saturated heterocycles. The number of nitrogens with one attached hydrogen (secondary N) is 1. The molecule has 2 aromatic rings. The number of aromatic nitrogens is 1. The van der Waals surface area contributed by atoms with Gasteiger partial charge in [-0.25, -0.2) is 4.98 Å². The van der Waals surface area contributed by atoms with E-state index in [2.05, 4.69) is 29.4 Å². The lowest BCUT2D eigenvalue weighted by Gasteiger charge is -2.09. The van der Waals surface area contributed by atoms with E-state index in [1.165, 1.54) is 5.56 Å².